The van der Waals surface area contributed by atoms with Crippen LogP contribution in [0.25, 0.3) is 0 Å². The molecule has 0 atom stereocenters. The van der Waals surface area contributed by atoms with Gasteiger partial charge in [-0.1, -0.05) is 12.1 Å². The predicted octanol–water partition coefficient (Wildman–Crippen LogP) is 3.57. The Bertz CT molecular complexity index is 1340. The normalized spacial score (nSPS) is 10.5. The molecule has 2 N–H and O–H groups in total. The van der Waals surface area contributed by atoms with Gasteiger partial charge in [0, 0.05) is 24.6 Å². The number of amides is 2. The number of nitrogens with one attached hydrogen (secondary N) is 2. The molecule has 3 rings (SSSR count). The van der Waals surface area contributed by atoms with Crippen LogP contribution in [0.4, 0.5) is 11.4 Å². The van der Waals surface area contributed by atoms with Crippen molar-refractivity contribution in [2.75, 3.05) is 13.7 Å². The van der Waals surface area contributed by atoms with E-state index in [1.54, 1.807) is 36.4 Å². The first-order valence-electron chi connectivity index (χ1n) is 10.7. The summed E-state index contributed by atoms with van der Waals surface area (Å²) in [4.78, 5) is 44.7. The number of nitro benzene ring substituents is 2. The Labute approximate surface area is 210 Å². The topological polar surface area (TPSA) is 175 Å². The van der Waals surface area contributed by atoms with Gasteiger partial charge in [-0.2, -0.15) is 5.10 Å². The van der Waals surface area contributed by atoms with Crippen molar-refractivity contribution in [3.8, 4) is 17.2 Å². The number of nitrogens with zero attached hydrogens (tertiary/aromatic N) is 3. The summed E-state index contributed by atoms with van der Waals surface area (Å²) >= 11 is 0. The first-order valence-corrected chi connectivity index (χ1v) is 10.7. The average Bonchev–Trinajstić information content (AvgIpc) is 2.89. The van der Waals surface area contributed by atoms with Crippen LogP contribution in [-0.4, -0.2) is 41.5 Å². The molecule has 0 spiro atoms. The molecule has 0 aromatic heterocycles. The van der Waals surface area contributed by atoms with E-state index in [0.29, 0.717) is 16.9 Å². The zero-order chi connectivity index (χ0) is 26.8. The van der Waals surface area contributed by atoms with Crippen LogP contribution in [0.5, 0.6) is 17.2 Å². The largest absolute Gasteiger partial charge is 0.497 e. The molecule has 0 aliphatic heterocycles. The Morgan fingerprint density at radius 3 is 2.41 bits per heavy atom. The minimum atomic E-state index is -0.775. The maximum Gasteiger partial charge on any atom is 0.318 e. The summed E-state index contributed by atoms with van der Waals surface area (Å²) in [5.41, 5.74) is 2.29. The fourth-order valence-electron chi connectivity index (χ4n) is 3.00. The molecular weight excluding hydrogens is 486 g/mol. The monoisotopic (exact) mass is 507 g/mol. The van der Waals surface area contributed by atoms with Gasteiger partial charge >= 0.3 is 5.69 Å². The number of hydrazone groups is 1. The van der Waals surface area contributed by atoms with E-state index in [1.165, 1.54) is 25.5 Å². The third kappa shape index (κ3) is 7.58. The first kappa shape index (κ1) is 26.3. The van der Waals surface area contributed by atoms with Gasteiger partial charge in [-0.15, -0.1) is 0 Å². The van der Waals surface area contributed by atoms with Gasteiger partial charge in [0.25, 0.3) is 11.6 Å². The van der Waals surface area contributed by atoms with E-state index in [2.05, 4.69) is 15.8 Å². The van der Waals surface area contributed by atoms with Gasteiger partial charge in [-0.3, -0.25) is 29.8 Å². The molecule has 0 unspecified atom stereocenters. The molecule has 13 nitrogen and oxygen atoms in total. The summed E-state index contributed by atoms with van der Waals surface area (Å²) in [6.07, 6.45) is 1.33. The van der Waals surface area contributed by atoms with Gasteiger partial charge in [-0.05, 0) is 48.0 Å². The molecule has 0 saturated carbocycles. The molecule has 37 heavy (non-hydrogen) atoms. The van der Waals surface area contributed by atoms with E-state index in [1.807, 2.05) is 0 Å². The molecule has 0 aliphatic carbocycles. The number of ether oxygens (including phenoxy) is 2. The molecule has 0 radical (unpaired) electrons. The summed E-state index contributed by atoms with van der Waals surface area (Å²) < 4.78 is 10.6. The number of carbonyl (C=O) groups excluding carboxylic acids is 2. The lowest BCUT2D eigenvalue weighted by molar-refractivity contribution is -0.394. The maximum absolute atomic E-state index is 12.1. The van der Waals surface area contributed by atoms with Gasteiger partial charge in [0.1, 0.15) is 11.5 Å². The lowest BCUT2D eigenvalue weighted by Crippen LogP contribution is -2.29. The van der Waals surface area contributed by atoms with E-state index in [9.17, 15) is 29.8 Å². The number of nitro groups is 2. The van der Waals surface area contributed by atoms with Crippen molar-refractivity contribution in [1.82, 2.24) is 10.7 Å². The second-order valence-electron chi connectivity index (χ2n) is 7.37. The first-order chi connectivity index (χ1) is 17.8. The van der Waals surface area contributed by atoms with Gasteiger partial charge in [0.15, 0.2) is 0 Å². The van der Waals surface area contributed by atoms with Gasteiger partial charge in [0.05, 0.1) is 29.2 Å². The number of rotatable bonds is 11. The molecule has 190 valence electrons. The second kappa shape index (κ2) is 12.4. The molecule has 0 aliphatic rings. The Hall–Kier alpha value is -5.33. The lowest BCUT2D eigenvalue weighted by Gasteiger charge is -2.07. The van der Waals surface area contributed by atoms with Crippen LogP contribution in [0.15, 0.2) is 71.8 Å². The zero-order valence-corrected chi connectivity index (χ0v) is 19.5. The molecule has 3 aromatic rings. The summed E-state index contributed by atoms with van der Waals surface area (Å²) in [5, 5.41) is 28.6. The minimum absolute atomic E-state index is 0.00774. The van der Waals surface area contributed by atoms with Gasteiger partial charge in [-0.25, -0.2) is 5.43 Å². The van der Waals surface area contributed by atoms with Crippen LogP contribution < -0.4 is 20.2 Å². The maximum atomic E-state index is 12.1. The van der Waals surface area contributed by atoms with Crippen molar-refractivity contribution < 1.29 is 28.9 Å². The highest BCUT2D eigenvalue weighted by Crippen LogP contribution is 2.34. The summed E-state index contributed by atoms with van der Waals surface area (Å²) in [6.45, 7) is 0.101. The van der Waals surface area contributed by atoms with Crippen molar-refractivity contribution in [1.29, 1.82) is 0 Å². The number of benzene rings is 3. The van der Waals surface area contributed by atoms with Crippen LogP contribution in [0.3, 0.4) is 0 Å². The van der Waals surface area contributed by atoms with Crippen molar-refractivity contribution in [3.63, 3.8) is 0 Å². The Morgan fingerprint density at radius 1 is 0.973 bits per heavy atom. The Balaban J connectivity index is 1.52. The number of hydrogen-bond acceptors (Lipinski definition) is 9. The average molecular weight is 507 g/mol. The van der Waals surface area contributed by atoms with Crippen molar-refractivity contribution in [3.05, 3.63) is 98.1 Å². The highest BCUT2D eigenvalue weighted by molar-refractivity contribution is 5.94. The summed E-state index contributed by atoms with van der Waals surface area (Å²) in [6, 6.07) is 15.9. The predicted molar refractivity (Wildman–Crippen MR) is 132 cm³/mol. The number of methoxy groups -OCH3 is 1. The van der Waals surface area contributed by atoms with Gasteiger partial charge in [0.2, 0.25) is 11.7 Å². The third-order valence-electron chi connectivity index (χ3n) is 4.83. The molecule has 0 heterocycles. The van der Waals surface area contributed by atoms with Gasteiger partial charge < -0.3 is 14.8 Å². The number of carbonyl (C=O) groups is 2. The molecule has 0 fully saturated rings. The van der Waals surface area contributed by atoms with Crippen LogP contribution in [0.1, 0.15) is 22.3 Å². The van der Waals surface area contributed by atoms with Crippen LogP contribution in [-0.2, 0) is 4.79 Å². The van der Waals surface area contributed by atoms with Crippen molar-refractivity contribution in [2.45, 2.75) is 6.42 Å². The van der Waals surface area contributed by atoms with Crippen LogP contribution in [0, 0.1) is 20.2 Å². The van der Waals surface area contributed by atoms with E-state index in [4.69, 9.17) is 9.47 Å². The molecule has 3 aromatic carbocycles. The fourth-order valence-corrected chi connectivity index (χ4v) is 3.00. The molecule has 13 heteroatoms. The second-order valence-corrected chi connectivity index (χ2v) is 7.37. The highest BCUT2D eigenvalue weighted by atomic mass is 16.6. The Kier molecular flexibility index (Phi) is 8.80. The van der Waals surface area contributed by atoms with Crippen molar-refractivity contribution in [2.24, 2.45) is 5.10 Å². The van der Waals surface area contributed by atoms with Crippen LogP contribution >= 0.6 is 0 Å². The smallest absolute Gasteiger partial charge is 0.318 e. The van der Waals surface area contributed by atoms with E-state index < -0.39 is 27.1 Å². The SMILES string of the molecule is COc1ccc(C(=O)NCCC(=O)NN=Cc2cccc(Oc3ccc([N+](=O)[O-])cc3[N+](=O)[O-])c2)cc1. The van der Waals surface area contributed by atoms with E-state index in [0.717, 1.165) is 18.2 Å². The third-order valence-corrected chi connectivity index (χ3v) is 4.83. The summed E-state index contributed by atoms with van der Waals surface area (Å²) in [5.74, 6) is -0.0917. The fraction of sp³-hybridized carbons (Fsp3) is 0.125. The quantitative estimate of drug-likeness (QED) is 0.225. The minimum Gasteiger partial charge on any atom is -0.497 e. The Morgan fingerprint density at radius 2 is 1.73 bits per heavy atom. The number of non-ortho nitro benzene ring substituents is 1. The standard InChI is InChI=1S/C24H21N5O8/c1-36-19-8-5-17(6-9-19)24(31)25-12-11-23(30)27-26-15-16-3-2-4-20(13-16)37-22-10-7-18(28(32)33)14-21(22)29(34)35/h2-10,13-15H,11-12H2,1H3,(H,25,31)(H,27,30). The number of hydrogen-bond donors (Lipinski definition) is 2. The summed E-state index contributed by atoms with van der Waals surface area (Å²) in [7, 11) is 1.52. The van der Waals surface area contributed by atoms with Crippen molar-refractivity contribution >= 4 is 29.4 Å². The van der Waals surface area contributed by atoms with E-state index in [-0.39, 0.29) is 30.4 Å². The lowest BCUT2D eigenvalue weighted by atomic mass is 10.2. The highest BCUT2D eigenvalue weighted by Gasteiger charge is 2.21. The molecular formula is C24H21N5O8. The van der Waals surface area contributed by atoms with Crippen LogP contribution in [0.2, 0.25) is 0 Å². The molecule has 0 bridgehead atoms. The van der Waals surface area contributed by atoms with E-state index >= 15 is 0 Å². The zero-order valence-electron chi connectivity index (χ0n) is 19.5. The molecule has 2 amide bonds. The molecule has 0 saturated heterocycles.